The summed E-state index contributed by atoms with van der Waals surface area (Å²) in [6.07, 6.45) is 1.64. The Morgan fingerprint density at radius 1 is 1.41 bits per heavy atom. The van der Waals surface area contributed by atoms with Crippen molar-refractivity contribution in [3.8, 4) is 0 Å². The van der Waals surface area contributed by atoms with Crippen LogP contribution in [0, 0.1) is 0 Å². The topological polar surface area (TPSA) is 62.5 Å². The zero-order valence-corrected chi connectivity index (χ0v) is 10.7. The Balaban J connectivity index is 2.66. The molecule has 1 aromatic heterocycles. The average Bonchev–Trinajstić information content (AvgIpc) is 2.30. The maximum Gasteiger partial charge on any atom is 0.242 e. The van der Waals surface area contributed by atoms with E-state index < -0.39 is 0 Å². The highest BCUT2D eigenvalue weighted by Crippen LogP contribution is 2.12. The molecule has 0 saturated carbocycles. The number of aromatic nitrogens is 1. The SMILES string of the molecule is CCN(CC)C(=O)CN(C)c1cc(N)ccn1. The maximum absolute atomic E-state index is 11.9. The number of amides is 1. The first kappa shape index (κ1) is 13.3. The van der Waals surface area contributed by atoms with Gasteiger partial charge in [0.15, 0.2) is 0 Å². The van der Waals surface area contributed by atoms with E-state index in [1.165, 1.54) is 0 Å². The fourth-order valence-corrected chi connectivity index (χ4v) is 1.60. The zero-order valence-electron chi connectivity index (χ0n) is 10.7. The molecule has 5 nitrogen and oxygen atoms in total. The fraction of sp³-hybridized carbons (Fsp3) is 0.500. The van der Waals surface area contributed by atoms with Gasteiger partial charge >= 0.3 is 0 Å². The number of hydrogen-bond donors (Lipinski definition) is 1. The summed E-state index contributed by atoms with van der Waals surface area (Å²) in [5.41, 5.74) is 6.33. The number of anilines is 2. The minimum absolute atomic E-state index is 0.0988. The molecule has 1 heterocycles. The largest absolute Gasteiger partial charge is 0.399 e. The van der Waals surface area contributed by atoms with Crippen molar-refractivity contribution in [2.45, 2.75) is 13.8 Å². The third-order valence-electron chi connectivity index (χ3n) is 2.65. The van der Waals surface area contributed by atoms with Crippen molar-refractivity contribution < 1.29 is 4.79 Å². The van der Waals surface area contributed by atoms with Crippen LogP contribution in [0.5, 0.6) is 0 Å². The van der Waals surface area contributed by atoms with Gasteiger partial charge in [0.05, 0.1) is 6.54 Å². The molecule has 0 radical (unpaired) electrons. The molecule has 0 spiro atoms. The second-order valence-corrected chi connectivity index (χ2v) is 3.87. The van der Waals surface area contributed by atoms with E-state index in [2.05, 4.69) is 4.98 Å². The highest BCUT2D eigenvalue weighted by Gasteiger charge is 2.13. The summed E-state index contributed by atoms with van der Waals surface area (Å²) in [4.78, 5) is 19.7. The van der Waals surface area contributed by atoms with Crippen molar-refractivity contribution in [1.82, 2.24) is 9.88 Å². The van der Waals surface area contributed by atoms with Crippen LogP contribution in [-0.2, 0) is 4.79 Å². The van der Waals surface area contributed by atoms with Crippen LogP contribution in [0.1, 0.15) is 13.8 Å². The molecule has 0 unspecified atom stereocenters. The predicted octanol–water partition coefficient (Wildman–Crippen LogP) is 0.968. The second-order valence-electron chi connectivity index (χ2n) is 3.87. The van der Waals surface area contributed by atoms with Gasteiger partial charge < -0.3 is 15.5 Å². The van der Waals surface area contributed by atoms with E-state index in [0.29, 0.717) is 18.1 Å². The molecular weight excluding hydrogens is 216 g/mol. The molecule has 0 bridgehead atoms. The van der Waals surface area contributed by atoms with E-state index in [4.69, 9.17) is 5.73 Å². The van der Waals surface area contributed by atoms with E-state index in [1.807, 2.05) is 20.9 Å². The summed E-state index contributed by atoms with van der Waals surface area (Å²) in [6.45, 7) is 5.72. The van der Waals surface area contributed by atoms with Gasteiger partial charge in [0.1, 0.15) is 5.82 Å². The molecule has 0 aromatic carbocycles. The molecule has 2 N–H and O–H groups in total. The highest BCUT2D eigenvalue weighted by atomic mass is 16.2. The van der Waals surface area contributed by atoms with E-state index in [1.54, 1.807) is 28.1 Å². The zero-order chi connectivity index (χ0) is 12.8. The lowest BCUT2D eigenvalue weighted by Gasteiger charge is -2.23. The van der Waals surface area contributed by atoms with Crippen molar-refractivity contribution in [3.05, 3.63) is 18.3 Å². The van der Waals surface area contributed by atoms with Gasteiger partial charge in [-0.2, -0.15) is 0 Å². The van der Waals surface area contributed by atoms with Crippen LogP contribution in [0.3, 0.4) is 0 Å². The van der Waals surface area contributed by atoms with E-state index >= 15 is 0 Å². The molecule has 0 saturated heterocycles. The number of carbonyl (C=O) groups excluding carboxylic acids is 1. The quantitative estimate of drug-likeness (QED) is 0.827. The Hall–Kier alpha value is -1.78. The van der Waals surface area contributed by atoms with Gasteiger partial charge in [0.2, 0.25) is 5.91 Å². The molecule has 1 rings (SSSR count). The van der Waals surface area contributed by atoms with Crippen LogP contribution < -0.4 is 10.6 Å². The van der Waals surface area contributed by atoms with Gasteiger partial charge in [-0.05, 0) is 19.9 Å². The van der Waals surface area contributed by atoms with Crippen LogP contribution in [0.4, 0.5) is 11.5 Å². The molecule has 1 amide bonds. The molecule has 5 heteroatoms. The predicted molar refractivity (Wildman–Crippen MR) is 69.8 cm³/mol. The van der Waals surface area contributed by atoms with Gasteiger partial charge in [-0.15, -0.1) is 0 Å². The summed E-state index contributed by atoms with van der Waals surface area (Å²) in [7, 11) is 1.84. The number of rotatable bonds is 5. The Morgan fingerprint density at radius 3 is 2.59 bits per heavy atom. The van der Waals surface area contributed by atoms with E-state index in [0.717, 1.165) is 13.1 Å². The van der Waals surface area contributed by atoms with Gasteiger partial charge in [-0.1, -0.05) is 0 Å². The normalized spacial score (nSPS) is 10.1. The summed E-state index contributed by atoms with van der Waals surface area (Å²) >= 11 is 0. The number of nitrogens with two attached hydrogens (primary N) is 1. The summed E-state index contributed by atoms with van der Waals surface area (Å²) < 4.78 is 0. The van der Waals surface area contributed by atoms with Crippen LogP contribution >= 0.6 is 0 Å². The maximum atomic E-state index is 11.9. The standard InChI is InChI=1S/C12H20N4O/c1-4-16(5-2)12(17)9-15(3)11-8-10(13)6-7-14-11/h6-8H,4-5,9H2,1-3H3,(H2,13,14). The summed E-state index contributed by atoms with van der Waals surface area (Å²) in [6, 6.07) is 3.49. The second kappa shape index (κ2) is 6.08. The fourth-order valence-electron chi connectivity index (χ4n) is 1.60. The Bertz CT molecular complexity index is 377. The van der Waals surface area contributed by atoms with Crippen molar-refractivity contribution in [1.29, 1.82) is 0 Å². The first-order chi connectivity index (χ1) is 8.08. The van der Waals surface area contributed by atoms with Crippen LogP contribution in [-0.4, -0.2) is 42.5 Å². The van der Waals surface area contributed by atoms with E-state index in [-0.39, 0.29) is 5.91 Å². The number of hydrogen-bond acceptors (Lipinski definition) is 4. The number of nitrogen functional groups attached to an aromatic ring is 1. The third-order valence-corrected chi connectivity index (χ3v) is 2.65. The van der Waals surface area contributed by atoms with Gasteiger partial charge in [-0.3, -0.25) is 4.79 Å². The van der Waals surface area contributed by atoms with Crippen molar-refractivity contribution >= 4 is 17.4 Å². The van der Waals surface area contributed by atoms with Crippen molar-refractivity contribution in [2.75, 3.05) is 37.3 Å². The molecule has 17 heavy (non-hydrogen) atoms. The molecule has 0 aliphatic rings. The van der Waals surface area contributed by atoms with Gasteiger partial charge in [0.25, 0.3) is 0 Å². The first-order valence-electron chi connectivity index (χ1n) is 5.78. The van der Waals surface area contributed by atoms with Gasteiger partial charge in [0, 0.05) is 38.1 Å². The molecule has 0 aliphatic heterocycles. The Morgan fingerprint density at radius 2 is 2.06 bits per heavy atom. The molecule has 0 atom stereocenters. The lowest BCUT2D eigenvalue weighted by atomic mass is 10.3. The smallest absolute Gasteiger partial charge is 0.242 e. The average molecular weight is 236 g/mol. The first-order valence-corrected chi connectivity index (χ1v) is 5.78. The van der Waals surface area contributed by atoms with E-state index in [9.17, 15) is 4.79 Å². The van der Waals surface area contributed by atoms with Crippen molar-refractivity contribution in [3.63, 3.8) is 0 Å². The van der Waals surface area contributed by atoms with Crippen LogP contribution in [0.2, 0.25) is 0 Å². The minimum atomic E-state index is 0.0988. The molecule has 0 fully saturated rings. The summed E-state index contributed by atoms with van der Waals surface area (Å²) in [5, 5.41) is 0. The minimum Gasteiger partial charge on any atom is -0.399 e. The molecule has 1 aromatic rings. The lowest BCUT2D eigenvalue weighted by molar-refractivity contribution is -0.129. The third kappa shape index (κ3) is 3.62. The van der Waals surface area contributed by atoms with Gasteiger partial charge in [-0.25, -0.2) is 4.98 Å². The monoisotopic (exact) mass is 236 g/mol. The highest BCUT2D eigenvalue weighted by molar-refractivity contribution is 5.81. The lowest BCUT2D eigenvalue weighted by Crippen LogP contribution is -2.39. The van der Waals surface area contributed by atoms with Crippen molar-refractivity contribution in [2.24, 2.45) is 0 Å². The Labute approximate surface area is 102 Å². The number of carbonyl (C=O) groups is 1. The number of pyridine rings is 1. The van der Waals surface area contributed by atoms with Crippen LogP contribution in [0.15, 0.2) is 18.3 Å². The Kier molecular flexibility index (Phi) is 4.75. The molecule has 94 valence electrons. The number of likely N-dealkylation sites (N-methyl/N-ethyl adjacent to an activating group) is 2. The summed E-state index contributed by atoms with van der Waals surface area (Å²) in [5.74, 6) is 0.812. The van der Waals surface area contributed by atoms with Crippen LogP contribution in [0.25, 0.3) is 0 Å². The molecule has 0 aliphatic carbocycles. The number of nitrogens with zero attached hydrogens (tertiary/aromatic N) is 3. The molecular formula is C12H20N4O.